The van der Waals surface area contributed by atoms with Crippen LogP contribution in [0.5, 0.6) is 5.75 Å². The average molecular weight is 547 g/mol. The van der Waals surface area contributed by atoms with Gasteiger partial charge in [0.1, 0.15) is 29.7 Å². The molecule has 2 heterocycles. The van der Waals surface area contributed by atoms with Crippen LogP contribution in [-0.4, -0.2) is 45.3 Å². The fraction of sp³-hybridized carbons (Fsp3) is 0.269. The monoisotopic (exact) mass is 546 g/mol. The van der Waals surface area contributed by atoms with Crippen molar-refractivity contribution in [1.29, 1.82) is 0 Å². The van der Waals surface area contributed by atoms with E-state index in [0.717, 1.165) is 24.3 Å². The maximum absolute atomic E-state index is 14.7. The maximum atomic E-state index is 14.7. The number of aromatic nitrogens is 3. The number of hydrogen-bond donors (Lipinski definition) is 3. The standard InChI is InChI=1S/C26H22ClF3N4O4/c1-38-19-10-15(6-9-18(19)27)23-32-25(37)21-20(13-2-3-13)17(11-34(21)33-23)24(36)31-22(26(29,30)12-35)14-4-7-16(28)8-5-14/h4-11,13,22,35H,2-3,12H2,1H3,(H,31,36)(H,32,33,37)/t22-/m0/s1. The Hall–Kier alpha value is -3.83. The van der Waals surface area contributed by atoms with Gasteiger partial charge in [-0.15, -0.1) is 5.10 Å². The third-order valence-corrected chi connectivity index (χ3v) is 6.76. The molecule has 0 bridgehead atoms. The summed E-state index contributed by atoms with van der Waals surface area (Å²) in [7, 11) is 1.45. The van der Waals surface area contributed by atoms with E-state index < -0.39 is 35.9 Å². The van der Waals surface area contributed by atoms with E-state index in [1.165, 1.54) is 17.8 Å². The number of carbonyl (C=O) groups is 1. The molecule has 5 rings (SSSR count). The molecule has 1 aliphatic carbocycles. The van der Waals surface area contributed by atoms with Crippen molar-refractivity contribution < 1.29 is 27.8 Å². The van der Waals surface area contributed by atoms with Gasteiger partial charge in [-0.3, -0.25) is 9.59 Å². The minimum atomic E-state index is -3.75. The molecular weight excluding hydrogens is 525 g/mol. The molecule has 0 spiro atoms. The molecule has 0 aliphatic heterocycles. The lowest BCUT2D eigenvalue weighted by molar-refractivity contribution is -0.0785. The van der Waals surface area contributed by atoms with E-state index in [1.54, 1.807) is 18.2 Å². The van der Waals surface area contributed by atoms with E-state index in [9.17, 15) is 27.9 Å². The predicted molar refractivity (Wildman–Crippen MR) is 133 cm³/mol. The highest BCUT2D eigenvalue weighted by molar-refractivity contribution is 6.32. The number of hydrogen-bond acceptors (Lipinski definition) is 5. The summed E-state index contributed by atoms with van der Waals surface area (Å²) in [6, 6.07) is 7.07. The summed E-state index contributed by atoms with van der Waals surface area (Å²) in [5, 5.41) is 16.4. The molecule has 8 nitrogen and oxygen atoms in total. The Morgan fingerprint density at radius 3 is 2.63 bits per heavy atom. The third kappa shape index (κ3) is 4.74. The highest BCUT2D eigenvalue weighted by Crippen LogP contribution is 2.44. The van der Waals surface area contributed by atoms with E-state index in [2.05, 4.69) is 15.4 Å². The number of alkyl halides is 2. The summed E-state index contributed by atoms with van der Waals surface area (Å²) in [6.45, 7) is -1.54. The van der Waals surface area contributed by atoms with Crippen molar-refractivity contribution in [1.82, 2.24) is 19.9 Å². The zero-order chi connectivity index (χ0) is 27.2. The first-order chi connectivity index (χ1) is 18.1. The zero-order valence-corrected chi connectivity index (χ0v) is 20.7. The molecule has 1 atom stereocenters. The molecule has 2 aromatic heterocycles. The summed E-state index contributed by atoms with van der Waals surface area (Å²) in [4.78, 5) is 29.3. The number of benzene rings is 2. The summed E-state index contributed by atoms with van der Waals surface area (Å²) < 4.78 is 49.3. The van der Waals surface area contributed by atoms with Gasteiger partial charge in [0.05, 0.1) is 17.7 Å². The summed E-state index contributed by atoms with van der Waals surface area (Å²) in [6.07, 6.45) is 2.75. The lowest BCUT2D eigenvalue weighted by Gasteiger charge is -2.26. The van der Waals surface area contributed by atoms with Gasteiger partial charge in [0, 0.05) is 17.3 Å². The lowest BCUT2D eigenvalue weighted by atomic mass is 9.99. The fourth-order valence-electron chi connectivity index (χ4n) is 4.40. The molecule has 0 radical (unpaired) electrons. The van der Waals surface area contributed by atoms with Gasteiger partial charge in [-0.1, -0.05) is 23.7 Å². The van der Waals surface area contributed by atoms with Crippen molar-refractivity contribution in [3.05, 3.63) is 86.5 Å². The molecule has 1 aliphatic rings. The van der Waals surface area contributed by atoms with Crippen LogP contribution in [0.25, 0.3) is 16.9 Å². The zero-order valence-electron chi connectivity index (χ0n) is 20.0. The quantitative estimate of drug-likeness (QED) is 0.302. The predicted octanol–water partition coefficient (Wildman–Crippen LogP) is 4.47. The van der Waals surface area contributed by atoms with Crippen molar-refractivity contribution in [2.75, 3.05) is 13.7 Å². The summed E-state index contributed by atoms with van der Waals surface area (Å²) in [5.74, 6) is -4.84. The number of halogens is 4. The van der Waals surface area contributed by atoms with Gasteiger partial charge in [-0.2, -0.15) is 0 Å². The second-order valence-electron chi connectivity index (χ2n) is 9.05. The molecule has 3 N–H and O–H groups in total. The number of nitrogens with zero attached hydrogens (tertiary/aromatic N) is 2. The second kappa shape index (κ2) is 9.80. The molecular formula is C26H22ClF3N4O4. The van der Waals surface area contributed by atoms with Gasteiger partial charge in [-0.05, 0) is 54.7 Å². The van der Waals surface area contributed by atoms with E-state index in [4.69, 9.17) is 16.3 Å². The summed E-state index contributed by atoms with van der Waals surface area (Å²) in [5.41, 5.74) is 0.441. The first-order valence-electron chi connectivity index (χ1n) is 11.7. The first kappa shape index (κ1) is 25.8. The van der Waals surface area contributed by atoms with Crippen LogP contribution < -0.4 is 15.6 Å². The van der Waals surface area contributed by atoms with Crippen LogP contribution in [-0.2, 0) is 0 Å². The highest BCUT2D eigenvalue weighted by Gasteiger charge is 2.42. The van der Waals surface area contributed by atoms with E-state index in [1.807, 2.05) is 0 Å². The molecule has 12 heteroatoms. The Balaban J connectivity index is 1.58. The number of fused-ring (bicyclic) bond motifs is 1. The van der Waals surface area contributed by atoms with E-state index >= 15 is 0 Å². The van der Waals surface area contributed by atoms with Crippen LogP contribution in [0, 0.1) is 5.82 Å². The summed E-state index contributed by atoms with van der Waals surface area (Å²) >= 11 is 6.09. The minimum absolute atomic E-state index is 0.0113. The number of ether oxygens (including phenoxy) is 1. The van der Waals surface area contributed by atoms with Gasteiger partial charge in [0.15, 0.2) is 5.82 Å². The van der Waals surface area contributed by atoms with Crippen molar-refractivity contribution in [3.8, 4) is 17.1 Å². The SMILES string of the molecule is COc1cc(-c2nn3cc(C(=O)N[C@@H](c4ccc(F)cc4)C(F)(F)CO)c(C4CC4)c3c(=O)[nH]2)ccc1Cl. The number of nitrogens with one attached hydrogen (secondary N) is 2. The average Bonchev–Trinajstić information content (AvgIpc) is 3.67. The molecule has 4 aromatic rings. The van der Waals surface area contributed by atoms with E-state index in [0.29, 0.717) is 34.7 Å². The molecule has 2 aromatic carbocycles. The number of aromatic amines is 1. The Bertz CT molecular complexity index is 1580. The van der Waals surface area contributed by atoms with Gasteiger partial charge in [0.2, 0.25) is 0 Å². The fourth-order valence-corrected chi connectivity index (χ4v) is 4.60. The number of rotatable bonds is 8. The molecule has 198 valence electrons. The van der Waals surface area contributed by atoms with Gasteiger partial charge in [0.25, 0.3) is 17.4 Å². The molecule has 1 amide bonds. The second-order valence-corrected chi connectivity index (χ2v) is 9.46. The molecule has 1 fully saturated rings. The van der Waals surface area contributed by atoms with Gasteiger partial charge >= 0.3 is 0 Å². The number of H-pyrrole nitrogens is 1. The lowest BCUT2D eigenvalue weighted by Crippen LogP contribution is -2.43. The Morgan fingerprint density at radius 1 is 1.29 bits per heavy atom. The Kier molecular flexibility index (Phi) is 6.66. The maximum Gasteiger partial charge on any atom is 0.294 e. The molecule has 0 saturated heterocycles. The topological polar surface area (TPSA) is 109 Å². The highest BCUT2D eigenvalue weighted by atomic mass is 35.5. The van der Waals surface area contributed by atoms with Crippen molar-refractivity contribution >= 4 is 23.0 Å². The normalized spacial score (nSPS) is 14.5. The van der Waals surface area contributed by atoms with Crippen molar-refractivity contribution in [3.63, 3.8) is 0 Å². The number of aliphatic hydroxyl groups excluding tert-OH is 1. The number of methoxy groups -OCH3 is 1. The van der Waals surface area contributed by atoms with Crippen molar-refractivity contribution in [2.24, 2.45) is 0 Å². The van der Waals surface area contributed by atoms with Gasteiger partial charge < -0.3 is 20.1 Å². The largest absolute Gasteiger partial charge is 0.495 e. The number of aliphatic hydroxyl groups is 1. The van der Waals surface area contributed by atoms with Crippen LogP contribution in [0.3, 0.4) is 0 Å². The molecule has 1 saturated carbocycles. The van der Waals surface area contributed by atoms with Crippen LogP contribution in [0.1, 0.15) is 46.3 Å². The van der Waals surface area contributed by atoms with Crippen LogP contribution in [0.4, 0.5) is 13.2 Å². The Morgan fingerprint density at radius 2 is 2.00 bits per heavy atom. The number of carbonyl (C=O) groups excluding carboxylic acids is 1. The third-order valence-electron chi connectivity index (χ3n) is 6.45. The molecule has 0 unspecified atom stereocenters. The Labute approximate surface area is 219 Å². The molecule has 38 heavy (non-hydrogen) atoms. The van der Waals surface area contributed by atoms with Crippen molar-refractivity contribution in [2.45, 2.75) is 30.7 Å². The van der Waals surface area contributed by atoms with Crippen LogP contribution in [0.15, 0.2) is 53.5 Å². The van der Waals surface area contributed by atoms with Crippen LogP contribution >= 0.6 is 11.6 Å². The smallest absolute Gasteiger partial charge is 0.294 e. The van der Waals surface area contributed by atoms with E-state index in [-0.39, 0.29) is 28.4 Å². The first-order valence-corrected chi connectivity index (χ1v) is 12.0. The minimum Gasteiger partial charge on any atom is -0.495 e. The number of amides is 1. The van der Waals surface area contributed by atoms with Crippen LogP contribution in [0.2, 0.25) is 5.02 Å². The van der Waals surface area contributed by atoms with Gasteiger partial charge in [-0.25, -0.2) is 17.7 Å².